The van der Waals surface area contributed by atoms with Crippen molar-refractivity contribution in [1.29, 1.82) is 0 Å². The van der Waals surface area contributed by atoms with Gasteiger partial charge in [-0.15, -0.1) is 0 Å². The van der Waals surface area contributed by atoms with E-state index in [1.54, 1.807) is 6.92 Å². The van der Waals surface area contributed by atoms with Crippen LogP contribution in [0.15, 0.2) is 22.6 Å². The molecule has 0 radical (unpaired) electrons. The Bertz CT molecular complexity index is 632. The topological polar surface area (TPSA) is 71.7 Å². The van der Waals surface area contributed by atoms with E-state index in [1.165, 1.54) is 25.3 Å². The molecular weight excluding hydrogens is 277 g/mol. The highest BCUT2D eigenvalue weighted by Gasteiger charge is 2.20. The summed E-state index contributed by atoms with van der Waals surface area (Å²) in [6, 6.07) is 3.81. The van der Waals surface area contributed by atoms with Crippen molar-refractivity contribution in [2.75, 3.05) is 20.3 Å². The van der Waals surface area contributed by atoms with Crippen molar-refractivity contribution in [3.63, 3.8) is 0 Å². The third kappa shape index (κ3) is 3.40. The lowest BCUT2D eigenvalue weighted by molar-refractivity contribution is 0.0853. The van der Waals surface area contributed by atoms with Gasteiger partial charge in [0.15, 0.2) is 5.76 Å². The van der Waals surface area contributed by atoms with Gasteiger partial charge in [-0.1, -0.05) is 0 Å². The third-order valence-electron chi connectivity index (χ3n) is 3.29. The highest BCUT2D eigenvalue weighted by atomic mass is 19.1. The van der Waals surface area contributed by atoms with Crippen molar-refractivity contribution in [2.45, 2.75) is 19.4 Å². The Balaban J connectivity index is 2.24. The van der Waals surface area contributed by atoms with Gasteiger partial charge in [-0.3, -0.25) is 4.79 Å². The fourth-order valence-corrected chi connectivity index (χ4v) is 2.21. The van der Waals surface area contributed by atoms with Gasteiger partial charge in [0.05, 0.1) is 12.6 Å². The second-order valence-electron chi connectivity index (χ2n) is 4.83. The number of methoxy groups -OCH3 is 1. The minimum Gasteiger partial charge on any atom is -0.451 e. The predicted octanol–water partition coefficient (Wildman–Crippen LogP) is 2.01. The van der Waals surface area contributed by atoms with Crippen LogP contribution in [-0.4, -0.2) is 37.4 Å². The van der Waals surface area contributed by atoms with E-state index in [0.717, 1.165) is 0 Å². The van der Waals surface area contributed by atoms with Gasteiger partial charge in [-0.25, -0.2) is 4.39 Å². The number of aliphatic hydroxyl groups excluding tert-OH is 1. The van der Waals surface area contributed by atoms with Crippen molar-refractivity contribution >= 4 is 16.9 Å². The predicted molar refractivity (Wildman–Crippen MR) is 75.7 cm³/mol. The molecule has 0 aliphatic carbocycles. The monoisotopic (exact) mass is 295 g/mol. The lowest BCUT2D eigenvalue weighted by Gasteiger charge is -2.16. The number of hydrogen-bond donors (Lipinski definition) is 2. The van der Waals surface area contributed by atoms with Crippen LogP contribution >= 0.6 is 0 Å². The lowest BCUT2D eigenvalue weighted by Crippen LogP contribution is -2.38. The van der Waals surface area contributed by atoms with Crippen LogP contribution in [0.2, 0.25) is 0 Å². The number of nitrogens with one attached hydrogen (secondary N) is 1. The molecule has 1 heterocycles. The Kier molecular flexibility index (Phi) is 4.93. The molecule has 1 aromatic carbocycles. The van der Waals surface area contributed by atoms with Crippen LogP contribution < -0.4 is 5.32 Å². The van der Waals surface area contributed by atoms with Gasteiger partial charge >= 0.3 is 0 Å². The number of aryl methyl sites for hydroxylation is 1. The molecule has 5 nitrogen and oxygen atoms in total. The van der Waals surface area contributed by atoms with Crippen molar-refractivity contribution < 1.29 is 23.4 Å². The summed E-state index contributed by atoms with van der Waals surface area (Å²) in [5, 5.41) is 12.3. The number of benzene rings is 1. The van der Waals surface area contributed by atoms with Crippen LogP contribution in [-0.2, 0) is 4.74 Å². The zero-order valence-electron chi connectivity index (χ0n) is 12.0. The standard InChI is InChI=1S/C15H18FNO4/c1-9-12-7-10(16)3-4-13(12)21-14(9)15(19)17-11(5-6-18)8-20-2/h3-4,7,11,18H,5-6,8H2,1-2H3,(H,17,19). The Morgan fingerprint density at radius 3 is 2.95 bits per heavy atom. The molecule has 1 aromatic heterocycles. The largest absolute Gasteiger partial charge is 0.451 e. The molecule has 1 amide bonds. The van der Waals surface area contributed by atoms with Crippen LogP contribution in [0.1, 0.15) is 22.5 Å². The average molecular weight is 295 g/mol. The first-order valence-corrected chi connectivity index (χ1v) is 6.66. The summed E-state index contributed by atoms with van der Waals surface area (Å²) in [5.74, 6) is -0.634. The van der Waals surface area contributed by atoms with E-state index in [4.69, 9.17) is 14.3 Å². The molecule has 2 aromatic rings. The van der Waals surface area contributed by atoms with Crippen molar-refractivity contribution in [2.24, 2.45) is 0 Å². The van der Waals surface area contributed by atoms with E-state index in [9.17, 15) is 9.18 Å². The Morgan fingerprint density at radius 1 is 1.52 bits per heavy atom. The molecule has 0 saturated heterocycles. The average Bonchev–Trinajstić information content (AvgIpc) is 2.77. The maximum absolute atomic E-state index is 13.3. The zero-order valence-corrected chi connectivity index (χ0v) is 12.0. The minimum atomic E-state index is -0.403. The molecule has 6 heteroatoms. The number of carbonyl (C=O) groups is 1. The minimum absolute atomic E-state index is 0.0569. The first-order valence-electron chi connectivity index (χ1n) is 6.66. The second-order valence-corrected chi connectivity index (χ2v) is 4.83. The fraction of sp³-hybridized carbons (Fsp3) is 0.400. The Morgan fingerprint density at radius 2 is 2.29 bits per heavy atom. The maximum Gasteiger partial charge on any atom is 0.287 e. The van der Waals surface area contributed by atoms with Gasteiger partial charge in [0.25, 0.3) is 5.91 Å². The number of ether oxygens (including phenoxy) is 1. The van der Waals surface area contributed by atoms with Crippen LogP contribution in [0, 0.1) is 12.7 Å². The van der Waals surface area contributed by atoms with Crippen LogP contribution in [0.4, 0.5) is 4.39 Å². The van der Waals surface area contributed by atoms with E-state index in [0.29, 0.717) is 29.6 Å². The van der Waals surface area contributed by atoms with E-state index in [1.807, 2.05) is 0 Å². The Hall–Kier alpha value is -1.92. The molecular formula is C15H18FNO4. The number of aliphatic hydroxyl groups is 1. The van der Waals surface area contributed by atoms with Gasteiger partial charge in [0.2, 0.25) is 0 Å². The first kappa shape index (κ1) is 15.5. The molecule has 0 aliphatic rings. The van der Waals surface area contributed by atoms with Gasteiger partial charge in [0, 0.05) is 24.7 Å². The molecule has 0 spiro atoms. The number of carbonyl (C=O) groups excluding carboxylic acids is 1. The number of amides is 1. The summed E-state index contributed by atoms with van der Waals surface area (Å²) in [6.45, 7) is 1.94. The van der Waals surface area contributed by atoms with Crippen LogP contribution in [0.3, 0.4) is 0 Å². The van der Waals surface area contributed by atoms with Crippen molar-refractivity contribution in [1.82, 2.24) is 5.32 Å². The van der Waals surface area contributed by atoms with E-state index in [2.05, 4.69) is 5.32 Å². The molecule has 2 N–H and O–H groups in total. The van der Waals surface area contributed by atoms with Crippen molar-refractivity contribution in [3.8, 4) is 0 Å². The highest BCUT2D eigenvalue weighted by molar-refractivity contribution is 5.99. The third-order valence-corrected chi connectivity index (χ3v) is 3.29. The fourth-order valence-electron chi connectivity index (χ4n) is 2.21. The van der Waals surface area contributed by atoms with Gasteiger partial charge in [-0.05, 0) is 31.5 Å². The molecule has 0 aliphatic heterocycles. The van der Waals surface area contributed by atoms with Gasteiger partial charge in [0.1, 0.15) is 11.4 Å². The number of fused-ring (bicyclic) bond motifs is 1. The normalized spacial score (nSPS) is 12.6. The molecule has 21 heavy (non-hydrogen) atoms. The maximum atomic E-state index is 13.3. The molecule has 2 rings (SSSR count). The molecule has 0 bridgehead atoms. The number of hydrogen-bond acceptors (Lipinski definition) is 4. The van der Waals surface area contributed by atoms with Crippen molar-refractivity contribution in [3.05, 3.63) is 35.3 Å². The number of rotatable bonds is 6. The molecule has 1 unspecified atom stereocenters. The van der Waals surface area contributed by atoms with E-state index >= 15 is 0 Å². The van der Waals surface area contributed by atoms with E-state index < -0.39 is 5.91 Å². The number of furan rings is 1. The Labute approximate surface area is 121 Å². The number of halogens is 1. The summed E-state index contributed by atoms with van der Waals surface area (Å²) in [6.07, 6.45) is 0.382. The van der Waals surface area contributed by atoms with E-state index in [-0.39, 0.29) is 24.2 Å². The molecule has 1 atom stereocenters. The molecule has 0 fully saturated rings. The summed E-state index contributed by atoms with van der Waals surface area (Å²) < 4.78 is 23.7. The molecule has 0 saturated carbocycles. The summed E-state index contributed by atoms with van der Waals surface area (Å²) in [7, 11) is 1.52. The summed E-state index contributed by atoms with van der Waals surface area (Å²) in [5.41, 5.74) is 1.05. The smallest absolute Gasteiger partial charge is 0.287 e. The molecule has 114 valence electrons. The van der Waals surface area contributed by atoms with Gasteiger partial charge < -0.3 is 19.6 Å². The summed E-state index contributed by atoms with van der Waals surface area (Å²) in [4.78, 5) is 12.2. The first-order chi connectivity index (χ1) is 10.1. The lowest BCUT2D eigenvalue weighted by atomic mass is 10.1. The van der Waals surface area contributed by atoms with Gasteiger partial charge in [-0.2, -0.15) is 0 Å². The highest BCUT2D eigenvalue weighted by Crippen LogP contribution is 2.26. The zero-order chi connectivity index (χ0) is 15.4. The quantitative estimate of drug-likeness (QED) is 0.855. The SMILES string of the molecule is COCC(CCO)NC(=O)c1oc2ccc(F)cc2c1C. The second kappa shape index (κ2) is 6.69. The van der Waals surface area contributed by atoms with Crippen LogP contribution in [0.25, 0.3) is 11.0 Å². The summed E-state index contributed by atoms with van der Waals surface area (Å²) >= 11 is 0. The van der Waals surface area contributed by atoms with Crippen LogP contribution in [0.5, 0.6) is 0 Å².